The second kappa shape index (κ2) is 5.37. The number of hydrogen-bond donors (Lipinski definition) is 1. The Bertz CT molecular complexity index is 623. The molecule has 20 heavy (non-hydrogen) atoms. The van der Waals surface area contributed by atoms with Gasteiger partial charge >= 0.3 is 5.69 Å². The topological polar surface area (TPSA) is 98.5 Å². The SMILES string of the molecule is COC1CC(Nc2cccc(S(C)(=O)=O)c2[N+](=O)[O-])C1. The average molecular weight is 300 g/mol. The van der Waals surface area contributed by atoms with Crippen LogP contribution in [-0.2, 0) is 14.6 Å². The molecule has 7 nitrogen and oxygen atoms in total. The molecule has 1 aliphatic carbocycles. The van der Waals surface area contributed by atoms with E-state index in [1.54, 1.807) is 7.11 Å². The Balaban J connectivity index is 2.32. The van der Waals surface area contributed by atoms with Crippen LogP contribution in [0.3, 0.4) is 0 Å². The van der Waals surface area contributed by atoms with Crippen molar-refractivity contribution in [2.24, 2.45) is 0 Å². The Hall–Kier alpha value is -1.67. The fourth-order valence-corrected chi connectivity index (χ4v) is 3.08. The van der Waals surface area contributed by atoms with Crippen LogP contribution in [0.4, 0.5) is 11.4 Å². The minimum absolute atomic E-state index is 0.0634. The Kier molecular flexibility index (Phi) is 3.96. The van der Waals surface area contributed by atoms with Gasteiger partial charge in [0.05, 0.1) is 11.0 Å². The van der Waals surface area contributed by atoms with E-state index in [4.69, 9.17) is 4.74 Å². The maximum absolute atomic E-state index is 11.6. The smallest absolute Gasteiger partial charge is 0.310 e. The Morgan fingerprint density at radius 3 is 2.55 bits per heavy atom. The molecule has 0 unspecified atom stereocenters. The predicted octanol–water partition coefficient (Wildman–Crippen LogP) is 1.59. The summed E-state index contributed by atoms with van der Waals surface area (Å²) in [7, 11) is -2.03. The van der Waals surface area contributed by atoms with Crippen molar-refractivity contribution in [1.29, 1.82) is 0 Å². The summed E-state index contributed by atoms with van der Waals surface area (Å²) in [6.07, 6.45) is 2.61. The van der Waals surface area contributed by atoms with Gasteiger partial charge in [-0.2, -0.15) is 0 Å². The number of ether oxygens (including phenoxy) is 1. The molecule has 1 aliphatic rings. The van der Waals surface area contributed by atoms with Crippen LogP contribution in [0.2, 0.25) is 0 Å². The third-order valence-electron chi connectivity index (χ3n) is 3.37. The minimum atomic E-state index is -3.65. The average Bonchev–Trinajstić information content (AvgIpc) is 2.31. The first-order valence-corrected chi connectivity index (χ1v) is 7.99. The second-order valence-corrected chi connectivity index (χ2v) is 6.84. The molecule has 1 N–H and O–H groups in total. The molecular formula is C12H16N2O5S. The Morgan fingerprint density at radius 1 is 1.40 bits per heavy atom. The number of anilines is 1. The molecule has 0 spiro atoms. The number of hydrogen-bond acceptors (Lipinski definition) is 6. The van der Waals surface area contributed by atoms with E-state index in [-0.39, 0.29) is 22.7 Å². The van der Waals surface area contributed by atoms with E-state index >= 15 is 0 Å². The van der Waals surface area contributed by atoms with Crippen LogP contribution in [-0.4, -0.2) is 38.9 Å². The molecule has 0 bridgehead atoms. The van der Waals surface area contributed by atoms with Crippen molar-refractivity contribution in [3.8, 4) is 0 Å². The number of nitrogens with one attached hydrogen (secondary N) is 1. The molecule has 0 heterocycles. The maximum Gasteiger partial charge on any atom is 0.310 e. The number of nitro benzene ring substituents is 1. The molecule has 0 aromatic heterocycles. The van der Waals surface area contributed by atoms with Gasteiger partial charge in [-0.3, -0.25) is 10.1 Å². The lowest BCUT2D eigenvalue weighted by Crippen LogP contribution is -2.40. The van der Waals surface area contributed by atoms with Crippen molar-refractivity contribution < 1.29 is 18.1 Å². The van der Waals surface area contributed by atoms with Crippen LogP contribution in [0, 0.1) is 10.1 Å². The molecule has 1 saturated carbocycles. The lowest BCUT2D eigenvalue weighted by Gasteiger charge is -2.35. The fraction of sp³-hybridized carbons (Fsp3) is 0.500. The van der Waals surface area contributed by atoms with Crippen LogP contribution in [0.1, 0.15) is 12.8 Å². The van der Waals surface area contributed by atoms with Gasteiger partial charge in [0.25, 0.3) is 0 Å². The van der Waals surface area contributed by atoms with Gasteiger partial charge in [0.1, 0.15) is 10.6 Å². The molecule has 1 fully saturated rings. The van der Waals surface area contributed by atoms with Crippen molar-refractivity contribution in [3.05, 3.63) is 28.3 Å². The van der Waals surface area contributed by atoms with Crippen molar-refractivity contribution in [2.45, 2.75) is 29.9 Å². The molecule has 0 atom stereocenters. The quantitative estimate of drug-likeness (QED) is 0.655. The molecule has 0 aliphatic heterocycles. The van der Waals surface area contributed by atoms with E-state index in [9.17, 15) is 18.5 Å². The van der Waals surface area contributed by atoms with Crippen molar-refractivity contribution in [1.82, 2.24) is 0 Å². The number of methoxy groups -OCH3 is 1. The van der Waals surface area contributed by atoms with Gasteiger partial charge in [0.2, 0.25) is 0 Å². The van der Waals surface area contributed by atoms with Gasteiger partial charge < -0.3 is 10.1 Å². The molecule has 2 rings (SSSR count). The van der Waals surface area contributed by atoms with Crippen LogP contribution in [0.5, 0.6) is 0 Å². The minimum Gasteiger partial charge on any atom is -0.381 e. The standard InChI is InChI=1S/C12H16N2O5S/c1-19-9-6-8(7-9)13-10-4-3-5-11(20(2,17)18)12(10)14(15)16/h3-5,8-9,13H,6-7H2,1-2H3. The van der Waals surface area contributed by atoms with E-state index in [1.165, 1.54) is 18.2 Å². The third-order valence-corrected chi connectivity index (χ3v) is 4.50. The Morgan fingerprint density at radius 2 is 2.05 bits per heavy atom. The molecule has 8 heteroatoms. The molecule has 1 aromatic rings. The van der Waals surface area contributed by atoms with Crippen molar-refractivity contribution in [3.63, 3.8) is 0 Å². The van der Waals surface area contributed by atoms with Gasteiger partial charge in [-0.15, -0.1) is 0 Å². The number of benzene rings is 1. The number of sulfone groups is 1. The number of nitrogens with zero attached hydrogens (tertiary/aromatic N) is 1. The molecule has 110 valence electrons. The van der Waals surface area contributed by atoms with E-state index in [2.05, 4.69) is 5.32 Å². The van der Waals surface area contributed by atoms with Gasteiger partial charge in [-0.05, 0) is 25.0 Å². The molecule has 0 radical (unpaired) electrons. The highest BCUT2D eigenvalue weighted by Gasteiger charge is 2.32. The van der Waals surface area contributed by atoms with E-state index < -0.39 is 20.4 Å². The largest absolute Gasteiger partial charge is 0.381 e. The second-order valence-electron chi connectivity index (χ2n) is 4.85. The summed E-state index contributed by atoms with van der Waals surface area (Å²) in [4.78, 5) is 10.2. The zero-order chi connectivity index (χ0) is 14.9. The lowest BCUT2D eigenvalue weighted by molar-refractivity contribution is -0.386. The molecule has 0 saturated heterocycles. The monoisotopic (exact) mass is 300 g/mol. The normalized spacial score (nSPS) is 22.1. The summed E-state index contributed by atoms with van der Waals surface area (Å²) in [5.41, 5.74) is -0.159. The number of para-hydroxylation sites is 1. The summed E-state index contributed by atoms with van der Waals surface area (Å²) in [6.45, 7) is 0. The summed E-state index contributed by atoms with van der Waals surface area (Å²) in [6, 6.07) is 4.33. The molecular weight excluding hydrogens is 284 g/mol. The summed E-state index contributed by atoms with van der Waals surface area (Å²) < 4.78 is 28.4. The number of nitro groups is 1. The first-order chi connectivity index (χ1) is 9.32. The number of rotatable bonds is 5. The highest BCUT2D eigenvalue weighted by molar-refractivity contribution is 7.90. The van der Waals surface area contributed by atoms with E-state index in [1.807, 2.05) is 0 Å². The highest BCUT2D eigenvalue weighted by atomic mass is 32.2. The zero-order valence-corrected chi connectivity index (χ0v) is 12.0. The van der Waals surface area contributed by atoms with Gasteiger partial charge in [-0.25, -0.2) is 8.42 Å². The lowest BCUT2D eigenvalue weighted by atomic mass is 9.89. The van der Waals surface area contributed by atoms with Gasteiger partial charge in [0.15, 0.2) is 9.84 Å². The summed E-state index contributed by atoms with van der Waals surface area (Å²) >= 11 is 0. The predicted molar refractivity (Wildman–Crippen MR) is 73.6 cm³/mol. The fourth-order valence-electron chi connectivity index (χ4n) is 2.22. The van der Waals surface area contributed by atoms with Crippen molar-refractivity contribution >= 4 is 21.2 Å². The molecule has 1 aromatic carbocycles. The summed E-state index contributed by atoms with van der Waals surface area (Å²) in [5, 5.41) is 14.2. The first kappa shape index (κ1) is 14.7. The zero-order valence-electron chi connectivity index (χ0n) is 11.2. The highest BCUT2D eigenvalue weighted by Crippen LogP contribution is 2.35. The van der Waals surface area contributed by atoms with Crippen LogP contribution in [0.15, 0.2) is 23.1 Å². The molecule has 0 amide bonds. The van der Waals surface area contributed by atoms with E-state index in [0.717, 1.165) is 19.1 Å². The maximum atomic E-state index is 11.6. The first-order valence-electron chi connectivity index (χ1n) is 6.09. The van der Waals surface area contributed by atoms with Crippen LogP contribution < -0.4 is 5.32 Å². The van der Waals surface area contributed by atoms with Gasteiger partial charge in [-0.1, -0.05) is 6.07 Å². The van der Waals surface area contributed by atoms with Crippen LogP contribution in [0.25, 0.3) is 0 Å². The van der Waals surface area contributed by atoms with Gasteiger partial charge in [0, 0.05) is 19.4 Å². The van der Waals surface area contributed by atoms with Crippen molar-refractivity contribution in [2.75, 3.05) is 18.7 Å². The van der Waals surface area contributed by atoms with E-state index in [0.29, 0.717) is 0 Å². The summed E-state index contributed by atoms with van der Waals surface area (Å²) in [5.74, 6) is 0. The Labute approximate surface area is 117 Å². The van der Waals surface area contributed by atoms with Crippen LogP contribution >= 0.6 is 0 Å². The third kappa shape index (κ3) is 2.91.